The molecule has 0 N–H and O–H groups in total. The summed E-state index contributed by atoms with van der Waals surface area (Å²) >= 11 is 0. The Bertz CT molecular complexity index is 125. The minimum absolute atomic E-state index is 0. The van der Waals surface area contributed by atoms with Crippen molar-refractivity contribution in [1.29, 1.82) is 0 Å². The molecule has 0 aliphatic heterocycles. The molecular weight excluding hydrogens is 265 g/mol. The van der Waals surface area contributed by atoms with Gasteiger partial charge in [0.1, 0.15) is 0 Å². The summed E-state index contributed by atoms with van der Waals surface area (Å²) in [5.41, 5.74) is 0. The molecule has 0 unspecified atom stereocenters. The van der Waals surface area contributed by atoms with Crippen molar-refractivity contribution >= 4 is 31.7 Å². The fourth-order valence-corrected chi connectivity index (χ4v) is 0.408. The Morgan fingerprint density at radius 1 is 0.929 bits per heavy atom. The molecule has 0 aliphatic carbocycles. The Labute approximate surface area is 104 Å². The molecule has 0 spiro atoms. The van der Waals surface area contributed by atoms with Gasteiger partial charge in [-0.3, -0.25) is 0 Å². The number of aliphatic carboxylic acids is 2. The second kappa shape index (κ2) is 18.6. The van der Waals surface area contributed by atoms with Gasteiger partial charge in [-0.05, 0) is 12.8 Å². The molecule has 0 heterocycles. The van der Waals surface area contributed by atoms with Gasteiger partial charge in [0.2, 0.25) is 0 Å². The van der Waals surface area contributed by atoms with Crippen molar-refractivity contribution in [3.8, 4) is 0 Å². The van der Waals surface area contributed by atoms with Crippen LogP contribution in [0.2, 0.25) is 0 Å². The van der Waals surface area contributed by atoms with E-state index in [4.69, 9.17) is 0 Å². The summed E-state index contributed by atoms with van der Waals surface area (Å²) in [6.07, 6.45) is 1.70. The fraction of sp³-hybridized carbons (Fsp3) is 0.750. The molecule has 4 nitrogen and oxygen atoms in total. The third-order valence-corrected chi connectivity index (χ3v) is 0.908. The predicted molar refractivity (Wildman–Crippen MR) is 45.6 cm³/mol. The van der Waals surface area contributed by atoms with Crippen LogP contribution in [0.25, 0.3) is 0 Å². The van der Waals surface area contributed by atoms with Gasteiger partial charge in [0.05, 0.1) is 0 Å². The minimum Gasteiger partial charge on any atom is -1.00 e. The number of halogens is 1. The topological polar surface area (TPSA) is 80.3 Å². The van der Waals surface area contributed by atoms with Gasteiger partial charge in [-0.2, -0.15) is 0 Å². The van der Waals surface area contributed by atoms with Crippen molar-refractivity contribution in [2.45, 2.75) is 39.5 Å². The third-order valence-electron chi connectivity index (χ3n) is 0.908. The van der Waals surface area contributed by atoms with Gasteiger partial charge < -0.3 is 32.2 Å². The number of hydrogen-bond donors (Lipinski definition) is 0. The summed E-state index contributed by atoms with van der Waals surface area (Å²) in [6, 6.07) is 0. The van der Waals surface area contributed by atoms with Gasteiger partial charge >= 0.3 is 19.8 Å². The first kappa shape index (κ1) is 23.6. The normalized spacial score (nSPS) is 7.00. The van der Waals surface area contributed by atoms with Crippen LogP contribution < -0.4 is 22.6 Å². The quantitative estimate of drug-likeness (QED) is 0.488. The van der Waals surface area contributed by atoms with Crippen LogP contribution in [0.4, 0.5) is 0 Å². The summed E-state index contributed by atoms with van der Waals surface area (Å²) in [4.78, 5) is 19.0. The van der Waals surface area contributed by atoms with Crippen molar-refractivity contribution < 1.29 is 32.2 Å². The van der Waals surface area contributed by atoms with Crippen molar-refractivity contribution in [2.75, 3.05) is 0 Å². The van der Waals surface area contributed by atoms with Crippen LogP contribution in [0, 0.1) is 0 Å². The second-order valence-electron chi connectivity index (χ2n) is 2.24. The first-order valence-corrected chi connectivity index (χ1v) is 3.94. The number of carboxylic acid groups (broad SMARTS) is 2. The van der Waals surface area contributed by atoms with E-state index in [9.17, 15) is 19.8 Å². The molecule has 0 aromatic carbocycles. The smallest absolute Gasteiger partial charge is 1.00 e. The monoisotopic (exact) mass is 278 g/mol. The molecule has 14 heavy (non-hydrogen) atoms. The second-order valence-corrected chi connectivity index (χ2v) is 2.24. The molecule has 0 aliphatic rings. The van der Waals surface area contributed by atoms with E-state index in [0.717, 1.165) is 0 Å². The number of rotatable bonds is 4. The zero-order valence-corrected chi connectivity index (χ0v) is 11.6. The molecular formula is C8H14ClGaO4. The molecule has 0 atom stereocenters. The van der Waals surface area contributed by atoms with Gasteiger partial charge in [-0.25, -0.2) is 0 Å². The number of hydrogen-bond acceptors (Lipinski definition) is 4. The van der Waals surface area contributed by atoms with E-state index in [1.807, 2.05) is 0 Å². The maximum atomic E-state index is 9.49. The average molecular weight is 279 g/mol. The first-order valence-electron chi connectivity index (χ1n) is 3.94. The number of carbonyl (C=O) groups is 2. The maximum absolute atomic E-state index is 9.49. The van der Waals surface area contributed by atoms with E-state index in [1.54, 1.807) is 13.8 Å². The van der Waals surface area contributed by atoms with Gasteiger partial charge in [0.15, 0.2) is 0 Å². The van der Waals surface area contributed by atoms with E-state index in [0.29, 0.717) is 12.8 Å². The molecule has 0 radical (unpaired) electrons. The summed E-state index contributed by atoms with van der Waals surface area (Å²) < 4.78 is 0. The molecule has 0 amide bonds. The largest absolute Gasteiger partial charge is 3.00 e. The molecule has 0 bridgehead atoms. The van der Waals surface area contributed by atoms with E-state index in [1.165, 1.54) is 0 Å². The summed E-state index contributed by atoms with van der Waals surface area (Å²) in [5.74, 6) is -1.92. The van der Waals surface area contributed by atoms with Crippen LogP contribution in [0.1, 0.15) is 39.5 Å². The van der Waals surface area contributed by atoms with Gasteiger partial charge in [-0.1, -0.05) is 26.7 Å². The first-order chi connectivity index (χ1) is 5.54. The Balaban J connectivity index is -0.0000000625. The van der Waals surface area contributed by atoms with Gasteiger partial charge in [0.25, 0.3) is 0 Å². The van der Waals surface area contributed by atoms with Gasteiger partial charge in [-0.15, -0.1) is 0 Å². The summed E-state index contributed by atoms with van der Waals surface area (Å²) in [5, 5.41) is 19.0. The summed E-state index contributed by atoms with van der Waals surface area (Å²) in [7, 11) is 0. The van der Waals surface area contributed by atoms with Crippen molar-refractivity contribution in [3.05, 3.63) is 0 Å². The van der Waals surface area contributed by atoms with Crippen LogP contribution in [-0.4, -0.2) is 31.7 Å². The SMILES string of the molecule is CCCC(=O)[O-].CCCC(=O)[O-].[Cl-].[Ga+3]. The maximum Gasteiger partial charge on any atom is 3.00 e. The van der Waals surface area contributed by atoms with E-state index in [-0.39, 0.29) is 45.0 Å². The van der Waals surface area contributed by atoms with Crippen LogP contribution in [0.3, 0.4) is 0 Å². The zero-order valence-electron chi connectivity index (χ0n) is 8.42. The van der Waals surface area contributed by atoms with Crippen LogP contribution in [0.15, 0.2) is 0 Å². The minimum atomic E-state index is -0.961. The summed E-state index contributed by atoms with van der Waals surface area (Å²) in [6.45, 7) is 3.60. The zero-order chi connectivity index (χ0) is 9.98. The van der Waals surface area contributed by atoms with E-state index < -0.39 is 11.9 Å². The van der Waals surface area contributed by atoms with Crippen LogP contribution in [0.5, 0.6) is 0 Å². The number of carboxylic acids is 2. The molecule has 0 saturated carbocycles. The molecule has 6 heteroatoms. The van der Waals surface area contributed by atoms with Crippen LogP contribution in [-0.2, 0) is 9.59 Å². The molecule has 0 saturated heterocycles. The van der Waals surface area contributed by atoms with E-state index >= 15 is 0 Å². The van der Waals surface area contributed by atoms with Crippen molar-refractivity contribution in [3.63, 3.8) is 0 Å². The van der Waals surface area contributed by atoms with Crippen LogP contribution >= 0.6 is 0 Å². The predicted octanol–water partition coefficient (Wildman–Crippen LogP) is -4.30. The Morgan fingerprint density at radius 2 is 1.14 bits per heavy atom. The third kappa shape index (κ3) is 40.7. The Morgan fingerprint density at radius 3 is 1.14 bits per heavy atom. The Hall–Kier alpha value is -0.134. The van der Waals surface area contributed by atoms with E-state index in [2.05, 4.69) is 0 Å². The molecule has 0 fully saturated rings. The van der Waals surface area contributed by atoms with Crippen molar-refractivity contribution in [2.24, 2.45) is 0 Å². The molecule has 0 aromatic rings. The number of carbonyl (C=O) groups excluding carboxylic acids is 2. The van der Waals surface area contributed by atoms with Crippen molar-refractivity contribution in [1.82, 2.24) is 0 Å². The standard InChI is InChI=1S/2C4H8O2.ClH.Ga/c2*1-2-3-4(5)6;;/h2*2-3H2,1H3,(H,5,6);1H;/q;;;+3/p-3. The fourth-order valence-electron chi connectivity index (χ4n) is 0.408. The Kier molecular flexibility index (Phi) is 31.3. The molecule has 80 valence electrons. The molecule has 0 rings (SSSR count). The van der Waals surface area contributed by atoms with Gasteiger partial charge in [0, 0.05) is 11.9 Å². The average Bonchev–Trinajstić information content (AvgIpc) is 1.87. The molecule has 0 aromatic heterocycles.